The maximum absolute atomic E-state index is 13.5. The molecule has 1 atom stereocenters. The summed E-state index contributed by atoms with van der Waals surface area (Å²) in [6.45, 7) is 8.93. The van der Waals surface area contributed by atoms with Crippen LogP contribution in [0.25, 0.3) is 16.0 Å². The molecule has 3 aromatic carbocycles. The Kier molecular flexibility index (Phi) is 6.80. The zero-order valence-electron chi connectivity index (χ0n) is 21.9. The van der Waals surface area contributed by atoms with Crippen molar-refractivity contribution in [3.05, 3.63) is 95.1 Å². The number of ketones is 1. The number of aliphatic hydroxyl groups is 1. The number of nitrogens with zero attached hydrogens (tertiary/aromatic N) is 2. The van der Waals surface area contributed by atoms with E-state index in [0.29, 0.717) is 23.1 Å². The molecular formula is C31H30N2O4S. The molecule has 7 heteroatoms. The Balaban J connectivity index is 1.68. The first-order valence-electron chi connectivity index (χ1n) is 12.7. The van der Waals surface area contributed by atoms with Crippen LogP contribution < -0.4 is 9.64 Å². The lowest BCUT2D eigenvalue weighted by Crippen LogP contribution is -2.29. The summed E-state index contributed by atoms with van der Waals surface area (Å²) in [5.74, 6) is -1.11. The van der Waals surface area contributed by atoms with Gasteiger partial charge in [-0.2, -0.15) is 0 Å². The van der Waals surface area contributed by atoms with Crippen molar-refractivity contribution >= 4 is 44.1 Å². The maximum Gasteiger partial charge on any atom is 0.301 e. The third-order valence-electron chi connectivity index (χ3n) is 6.61. The molecule has 194 valence electrons. The van der Waals surface area contributed by atoms with Crippen molar-refractivity contribution in [1.29, 1.82) is 0 Å². The molecular weight excluding hydrogens is 496 g/mol. The monoisotopic (exact) mass is 526 g/mol. The number of amides is 1. The second-order valence-electron chi connectivity index (χ2n) is 10.4. The summed E-state index contributed by atoms with van der Waals surface area (Å²) in [6.07, 6.45) is 0.841. The summed E-state index contributed by atoms with van der Waals surface area (Å²) in [6, 6.07) is 21.6. The quantitative estimate of drug-likeness (QED) is 0.166. The van der Waals surface area contributed by atoms with Gasteiger partial charge in [-0.3, -0.25) is 14.5 Å². The molecule has 1 amide bonds. The minimum atomic E-state index is -0.829. The van der Waals surface area contributed by atoms with Crippen LogP contribution in [0.15, 0.2) is 78.4 Å². The van der Waals surface area contributed by atoms with Gasteiger partial charge < -0.3 is 9.84 Å². The molecule has 0 radical (unpaired) electrons. The van der Waals surface area contributed by atoms with Gasteiger partial charge in [0.15, 0.2) is 5.13 Å². The Hall–Kier alpha value is -3.97. The van der Waals surface area contributed by atoms with Crippen LogP contribution in [0.5, 0.6) is 5.75 Å². The van der Waals surface area contributed by atoms with Gasteiger partial charge in [-0.1, -0.05) is 87.6 Å². The minimum absolute atomic E-state index is 0.0328. The van der Waals surface area contributed by atoms with E-state index in [9.17, 15) is 14.7 Å². The number of aliphatic hydroxyl groups excluding tert-OH is 1. The summed E-state index contributed by atoms with van der Waals surface area (Å²) in [5, 5.41) is 11.9. The number of ether oxygens (including phenoxy) is 1. The number of carbonyl (C=O) groups excluding carboxylic acids is 2. The van der Waals surface area contributed by atoms with Gasteiger partial charge in [-0.15, -0.1) is 0 Å². The van der Waals surface area contributed by atoms with E-state index in [1.54, 1.807) is 24.3 Å². The highest BCUT2D eigenvalue weighted by atomic mass is 32.1. The maximum atomic E-state index is 13.5. The van der Waals surface area contributed by atoms with Gasteiger partial charge in [0.2, 0.25) is 0 Å². The summed E-state index contributed by atoms with van der Waals surface area (Å²) in [4.78, 5) is 33.1. The number of para-hydroxylation sites is 1. The second kappa shape index (κ2) is 10.1. The molecule has 6 nitrogen and oxygen atoms in total. The van der Waals surface area contributed by atoms with Gasteiger partial charge in [0, 0.05) is 5.56 Å². The Labute approximate surface area is 226 Å². The predicted octanol–water partition coefficient (Wildman–Crippen LogP) is 7.01. The molecule has 0 saturated carbocycles. The fourth-order valence-electron chi connectivity index (χ4n) is 4.58. The van der Waals surface area contributed by atoms with Crippen LogP contribution in [0.4, 0.5) is 5.13 Å². The molecule has 0 aliphatic carbocycles. The fourth-order valence-corrected chi connectivity index (χ4v) is 5.57. The molecule has 1 unspecified atom stereocenters. The standard InChI is InChI=1S/C31H30N2O4S/c1-5-17-37-22-10-8-9-20(18-22)27(34)25-26(19-13-15-21(16-14-19)31(2,3)4)33(29(36)28(25)35)30-32-23-11-6-7-12-24(23)38-30/h6-16,18,26,34H,5,17H2,1-4H3/b27-25+. The Morgan fingerprint density at radius 3 is 2.45 bits per heavy atom. The topological polar surface area (TPSA) is 79.7 Å². The second-order valence-corrected chi connectivity index (χ2v) is 11.4. The summed E-state index contributed by atoms with van der Waals surface area (Å²) in [5.41, 5.74) is 2.97. The van der Waals surface area contributed by atoms with E-state index in [2.05, 4.69) is 25.8 Å². The normalized spacial score (nSPS) is 17.4. The van der Waals surface area contributed by atoms with Gasteiger partial charge in [0.1, 0.15) is 11.5 Å². The van der Waals surface area contributed by atoms with Gasteiger partial charge in [-0.05, 0) is 47.2 Å². The van der Waals surface area contributed by atoms with Crippen molar-refractivity contribution < 1.29 is 19.4 Å². The molecule has 1 fully saturated rings. The highest BCUT2D eigenvalue weighted by Crippen LogP contribution is 2.44. The molecule has 1 N–H and O–H groups in total. The highest BCUT2D eigenvalue weighted by molar-refractivity contribution is 7.22. The van der Waals surface area contributed by atoms with Crippen LogP contribution in [0.1, 0.15) is 56.8 Å². The lowest BCUT2D eigenvalue weighted by Gasteiger charge is -2.24. The van der Waals surface area contributed by atoms with Gasteiger partial charge in [-0.25, -0.2) is 4.98 Å². The van der Waals surface area contributed by atoms with E-state index in [1.807, 2.05) is 55.5 Å². The van der Waals surface area contributed by atoms with Crippen LogP contribution in [-0.4, -0.2) is 28.4 Å². The lowest BCUT2D eigenvalue weighted by molar-refractivity contribution is -0.132. The summed E-state index contributed by atoms with van der Waals surface area (Å²) in [7, 11) is 0. The first-order valence-corrected chi connectivity index (χ1v) is 13.5. The smallest absolute Gasteiger partial charge is 0.301 e. The van der Waals surface area contributed by atoms with E-state index in [0.717, 1.165) is 27.8 Å². The van der Waals surface area contributed by atoms with Crippen molar-refractivity contribution in [2.45, 2.75) is 45.6 Å². The molecule has 0 spiro atoms. The molecule has 5 rings (SSSR count). The molecule has 38 heavy (non-hydrogen) atoms. The zero-order chi connectivity index (χ0) is 27.0. The van der Waals surface area contributed by atoms with E-state index >= 15 is 0 Å². The van der Waals surface area contributed by atoms with Crippen molar-refractivity contribution in [3.8, 4) is 5.75 Å². The minimum Gasteiger partial charge on any atom is -0.507 e. The zero-order valence-corrected chi connectivity index (χ0v) is 22.7. The molecule has 4 aromatic rings. The molecule has 1 aliphatic rings. The molecule has 1 aliphatic heterocycles. The number of Topliss-reactive ketones (excluding diaryl/α,β-unsaturated/α-hetero) is 1. The molecule has 1 saturated heterocycles. The summed E-state index contributed by atoms with van der Waals surface area (Å²) < 4.78 is 6.64. The number of benzene rings is 3. The number of aromatic nitrogens is 1. The van der Waals surface area contributed by atoms with E-state index in [4.69, 9.17) is 4.74 Å². The number of hydrogen-bond donors (Lipinski definition) is 1. The largest absolute Gasteiger partial charge is 0.507 e. The molecule has 2 heterocycles. The number of hydrogen-bond acceptors (Lipinski definition) is 6. The number of fused-ring (bicyclic) bond motifs is 1. The van der Waals surface area contributed by atoms with E-state index < -0.39 is 17.7 Å². The average Bonchev–Trinajstić information content (AvgIpc) is 3.45. The lowest BCUT2D eigenvalue weighted by atomic mass is 9.85. The predicted molar refractivity (Wildman–Crippen MR) is 152 cm³/mol. The Morgan fingerprint density at radius 1 is 1.03 bits per heavy atom. The average molecular weight is 527 g/mol. The van der Waals surface area contributed by atoms with Crippen LogP contribution >= 0.6 is 11.3 Å². The third-order valence-corrected chi connectivity index (χ3v) is 7.64. The fraction of sp³-hybridized carbons (Fsp3) is 0.258. The summed E-state index contributed by atoms with van der Waals surface area (Å²) >= 11 is 1.34. The third kappa shape index (κ3) is 4.70. The first-order chi connectivity index (χ1) is 18.2. The highest BCUT2D eigenvalue weighted by Gasteiger charge is 2.48. The molecule has 1 aromatic heterocycles. The number of thiazole rings is 1. The first kappa shape index (κ1) is 25.7. The van der Waals surface area contributed by atoms with Crippen LogP contribution in [0.2, 0.25) is 0 Å². The number of anilines is 1. The van der Waals surface area contributed by atoms with E-state index in [1.165, 1.54) is 16.2 Å². The molecule has 0 bridgehead atoms. The Morgan fingerprint density at radius 2 is 1.76 bits per heavy atom. The van der Waals surface area contributed by atoms with Gasteiger partial charge in [0.05, 0.1) is 28.4 Å². The SMILES string of the molecule is CCCOc1cccc(/C(O)=C2\C(=O)C(=O)N(c3nc4ccccc4s3)C2c2ccc(C(C)(C)C)cc2)c1. The number of carbonyl (C=O) groups is 2. The number of rotatable bonds is 6. The van der Waals surface area contributed by atoms with Crippen molar-refractivity contribution in [2.75, 3.05) is 11.5 Å². The van der Waals surface area contributed by atoms with Crippen LogP contribution in [0.3, 0.4) is 0 Å². The van der Waals surface area contributed by atoms with Crippen molar-refractivity contribution in [1.82, 2.24) is 4.98 Å². The van der Waals surface area contributed by atoms with Crippen molar-refractivity contribution in [2.24, 2.45) is 0 Å². The van der Waals surface area contributed by atoms with E-state index in [-0.39, 0.29) is 16.7 Å². The van der Waals surface area contributed by atoms with Crippen molar-refractivity contribution in [3.63, 3.8) is 0 Å². The Bertz CT molecular complexity index is 1510. The van der Waals surface area contributed by atoms with Gasteiger partial charge in [0.25, 0.3) is 5.78 Å². The van der Waals surface area contributed by atoms with Crippen LogP contribution in [0, 0.1) is 0 Å². The van der Waals surface area contributed by atoms with Gasteiger partial charge >= 0.3 is 5.91 Å². The van der Waals surface area contributed by atoms with Crippen LogP contribution in [-0.2, 0) is 15.0 Å².